The summed E-state index contributed by atoms with van der Waals surface area (Å²) in [6.07, 6.45) is 0. The average Bonchev–Trinajstić information content (AvgIpc) is 2.49. The summed E-state index contributed by atoms with van der Waals surface area (Å²) < 4.78 is 35.3. The monoisotopic (exact) mass is 310 g/mol. The first kappa shape index (κ1) is 15.3. The maximum absolute atomic E-state index is 12.7. The number of hydrogen-bond acceptors (Lipinski definition) is 6. The summed E-state index contributed by atoms with van der Waals surface area (Å²) in [5.41, 5.74) is 0. The molecule has 6 nitrogen and oxygen atoms in total. The minimum atomic E-state index is -3.92. The molecule has 7 heteroatoms. The van der Waals surface area contributed by atoms with Gasteiger partial charge in [0.1, 0.15) is 21.3 Å². The van der Waals surface area contributed by atoms with Crippen molar-refractivity contribution in [2.45, 2.75) is 9.79 Å². The van der Waals surface area contributed by atoms with E-state index in [0.717, 1.165) is 0 Å². The first-order chi connectivity index (χ1) is 10.1. The number of rotatable bonds is 6. The molecule has 0 fully saturated rings. The van der Waals surface area contributed by atoms with Crippen molar-refractivity contribution in [3.05, 3.63) is 48.5 Å². The molecule has 0 heterocycles. The number of para-hydroxylation sites is 2. The second kappa shape index (κ2) is 6.57. The van der Waals surface area contributed by atoms with E-state index in [2.05, 4.69) is 0 Å². The third-order valence-electron chi connectivity index (χ3n) is 2.72. The zero-order valence-corrected chi connectivity index (χ0v) is 11.8. The topological polar surface area (TPSA) is 93.1 Å². The van der Waals surface area contributed by atoms with Gasteiger partial charge >= 0.3 is 0 Å². The van der Waals surface area contributed by atoms with Crippen molar-refractivity contribution in [1.29, 1.82) is 0 Å². The van der Waals surface area contributed by atoms with E-state index in [0.29, 0.717) is 0 Å². The maximum atomic E-state index is 12.7. The van der Waals surface area contributed by atoms with Gasteiger partial charge < -0.3 is 19.7 Å². The van der Waals surface area contributed by atoms with E-state index in [1.54, 1.807) is 24.3 Å². The lowest BCUT2D eigenvalue weighted by atomic mass is 10.3. The molecule has 0 aliphatic carbocycles. The van der Waals surface area contributed by atoms with E-state index in [1.165, 1.54) is 24.3 Å². The van der Waals surface area contributed by atoms with Gasteiger partial charge in [0.25, 0.3) is 0 Å². The molecule has 0 aromatic heterocycles. The molecule has 0 saturated carbocycles. The summed E-state index contributed by atoms with van der Waals surface area (Å²) in [5, 5.41) is 17.7. The predicted molar refractivity (Wildman–Crippen MR) is 73.8 cm³/mol. The number of benzene rings is 2. The van der Waals surface area contributed by atoms with Gasteiger partial charge in [-0.2, -0.15) is 0 Å². The van der Waals surface area contributed by atoms with Crippen LogP contribution < -0.4 is 9.47 Å². The van der Waals surface area contributed by atoms with Crippen molar-refractivity contribution < 1.29 is 28.1 Å². The molecule has 0 radical (unpaired) electrons. The number of aliphatic hydroxyl groups excluding tert-OH is 2. The van der Waals surface area contributed by atoms with Gasteiger partial charge in [0, 0.05) is 0 Å². The Balaban J connectivity index is 2.58. The van der Waals surface area contributed by atoms with Crippen LogP contribution in [0.25, 0.3) is 0 Å². The fourth-order valence-corrected chi connectivity index (χ4v) is 3.38. The van der Waals surface area contributed by atoms with E-state index >= 15 is 0 Å². The molecule has 0 amide bonds. The molecule has 21 heavy (non-hydrogen) atoms. The Kier molecular flexibility index (Phi) is 4.79. The van der Waals surface area contributed by atoms with Crippen molar-refractivity contribution in [2.24, 2.45) is 0 Å². The fourth-order valence-electron chi connectivity index (χ4n) is 1.84. The van der Waals surface area contributed by atoms with Crippen LogP contribution in [-0.2, 0) is 9.84 Å². The molecular formula is C14H14O6S. The number of hydrogen-bond donors (Lipinski definition) is 2. The quantitative estimate of drug-likeness (QED) is 0.778. The molecule has 2 rings (SSSR count). The van der Waals surface area contributed by atoms with Crippen LogP contribution in [0.4, 0.5) is 0 Å². The third-order valence-corrected chi connectivity index (χ3v) is 4.55. The van der Waals surface area contributed by atoms with Crippen molar-refractivity contribution >= 4 is 9.84 Å². The van der Waals surface area contributed by atoms with Crippen LogP contribution >= 0.6 is 0 Å². The van der Waals surface area contributed by atoms with Crippen LogP contribution in [0.5, 0.6) is 11.5 Å². The Morgan fingerprint density at radius 3 is 1.52 bits per heavy atom. The van der Waals surface area contributed by atoms with Crippen LogP contribution in [0.15, 0.2) is 58.3 Å². The van der Waals surface area contributed by atoms with Crippen molar-refractivity contribution in [3.8, 4) is 11.5 Å². The average molecular weight is 310 g/mol. The second-order valence-electron chi connectivity index (χ2n) is 3.94. The van der Waals surface area contributed by atoms with Crippen LogP contribution in [0.3, 0.4) is 0 Å². The summed E-state index contributed by atoms with van der Waals surface area (Å²) in [5.74, 6) is 0.0811. The van der Waals surface area contributed by atoms with E-state index in [9.17, 15) is 8.42 Å². The minimum Gasteiger partial charge on any atom is -0.466 e. The molecule has 0 bridgehead atoms. The van der Waals surface area contributed by atoms with E-state index in [1.807, 2.05) is 0 Å². The number of ether oxygens (including phenoxy) is 2. The fraction of sp³-hybridized carbons (Fsp3) is 0.143. The standard InChI is InChI=1S/C14H14O6S/c15-9-19-11-5-1-3-7-13(11)21(17,18)14-8-4-2-6-12(14)20-10-16/h1-8,15-16H,9-10H2. The van der Waals surface area contributed by atoms with Gasteiger partial charge in [-0.1, -0.05) is 24.3 Å². The highest BCUT2D eigenvalue weighted by Gasteiger charge is 2.25. The van der Waals surface area contributed by atoms with Crippen molar-refractivity contribution in [1.82, 2.24) is 0 Å². The van der Waals surface area contributed by atoms with Crippen molar-refractivity contribution in [3.63, 3.8) is 0 Å². The maximum Gasteiger partial charge on any atom is 0.213 e. The molecule has 0 aliphatic rings. The Morgan fingerprint density at radius 1 is 0.762 bits per heavy atom. The Labute approximate surface area is 122 Å². The number of aliphatic hydroxyl groups is 2. The molecular weight excluding hydrogens is 296 g/mol. The van der Waals surface area contributed by atoms with Crippen LogP contribution in [-0.4, -0.2) is 32.2 Å². The lowest BCUT2D eigenvalue weighted by molar-refractivity contribution is 0.0954. The minimum absolute atomic E-state index is 0.0406. The van der Waals surface area contributed by atoms with Crippen LogP contribution in [0.2, 0.25) is 0 Å². The number of sulfone groups is 1. The van der Waals surface area contributed by atoms with E-state index in [-0.39, 0.29) is 21.3 Å². The highest BCUT2D eigenvalue weighted by Crippen LogP contribution is 2.33. The molecule has 0 unspecified atom stereocenters. The zero-order chi connectivity index (χ0) is 15.3. The smallest absolute Gasteiger partial charge is 0.213 e. The van der Waals surface area contributed by atoms with Gasteiger partial charge in [0.15, 0.2) is 13.6 Å². The highest BCUT2D eigenvalue weighted by molar-refractivity contribution is 7.91. The second-order valence-corrected chi connectivity index (χ2v) is 5.83. The normalized spacial score (nSPS) is 11.1. The molecule has 0 saturated heterocycles. The van der Waals surface area contributed by atoms with Crippen molar-refractivity contribution in [2.75, 3.05) is 13.6 Å². The lowest BCUT2D eigenvalue weighted by Gasteiger charge is -2.13. The third kappa shape index (κ3) is 3.15. The summed E-state index contributed by atoms with van der Waals surface area (Å²) in [7, 11) is -3.92. The van der Waals surface area contributed by atoms with Gasteiger partial charge in [0.2, 0.25) is 9.84 Å². The SMILES string of the molecule is O=S(=O)(c1ccccc1OCO)c1ccccc1OCO. The predicted octanol–water partition coefficient (Wildman–Crippen LogP) is 1.18. The Morgan fingerprint density at radius 2 is 1.14 bits per heavy atom. The largest absolute Gasteiger partial charge is 0.466 e. The lowest BCUT2D eigenvalue weighted by Crippen LogP contribution is -2.08. The van der Waals surface area contributed by atoms with E-state index in [4.69, 9.17) is 19.7 Å². The molecule has 0 spiro atoms. The molecule has 2 N–H and O–H groups in total. The van der Waals surface area contributed by atoms with E-state index < -0.39 is 23.4 Å². The molecule has 0 atom stereocenters. The summed E-state index contributed by atoms with van der Waals surface area (Å²) >= 11 is 0. The summed E-state index contributed by atoms with van der Waals surface area (Å²) in [6, 6.07) is 11.9. The molecule has 2 aromatic carbocycles. The molecule has 2 aromatic rings. The zero-order valence-electron chi connectivity index (χ0n) is 11.0. The van der Waals surface area contributed by atoms with Crippen LogP contribution in [0.1, 0.15) is 0 Å². The summed E-state index contributed by atoms with van der Waals surface area (Å²) in [6.45, 7) is -1.28. The van der Waals surface area contributed by atoms with Gasteiger partial charge in [-0.05, 0) is 24.3 Å². The van der Waals surface area contributed by atoms with Gasteiger partial charge in [-0.15, -0.1) is 0 Å². The summed E-state index contributed by atoms with van der Waals surface area (Å²) in [4.78, 5) is -0.180. The molecule has 0 aliphatic heterocycles. The van der Waals surface area contributed by atoms with Gasteiger partial charge in [-0.25, -0.2) is 8.42 Å². The first-order valence-corrected chi connectivity index (χ1v) is 7.50. The van der Waals surface area contributed by atoms with Crippen LogP contribution in [0, 0.1) is 0 Å². The highest BCUT2D eigenvalue weighted by atomic mass is 32.2. The molecule has 112 valence electrons. The Hall–Kier alpha value is -2.09. The van der Waals surface area contributed by atoms with Gasteiger partial charge in [0.05, 0.1) is 0 Å². The first-order valence-electron chi connectivity index (χ1n) is 6.01. The van der Waals surface area contributed by atoms with Gasteiger partial charge in [-0.3, -0.25) is 0 Å². The Bertz CT molecular complexity index is 655.